The van der Waals surface area contributed by atoms with Gasteiger partial charge in [-0.05, 0) is 52.4 Å². The van der Waals surface area contributed by atoms with E-state index in [-0.39, 0.29) is 6.61 Å². The molecule has 0 amide bonds. The van der Waals surface area contributed by atoms with Crippen molar-refractivity contribution >= 4 is 45.2 Å². The molecule has 1 aromatic heterocycles. The van der Waals surface area contributed by atoms with E-state index < -0.39 is 5.97 Å². The number of thiophene rings is 1. The number of anilines is 1. The van der Waals surface area contributed by atoms with Crippen LogP contribution in [0.3, 0.4) is 0 Å². The molecule has 7 heteroatoms. The number of methoxy groups -OCH3 is 1. The Labute approximate surface area is 177 Å². The van der Waals surface area contributed by atoms with Gasteiger partial charge in [-0.3, -0.25) is 4.79 Å². The van der Waals surface area contributed by atoms with E-state index in [9.17, 15) is 9.59 Å². The Hall–Kier alpha value is -1.86. The first kappa shape index (κ1) is 20.9. The maximum absolute atomic E-state index is 12.1. The van der Waals surface area contributed by atoms with Crippen molar-refractivity contribution < 1.29 is 19.1 Å². The summed E-state index contributed by atoms with van der Waals surface area (Å²) in [5.41, 5.74) is 2.02. The summed E-state index contributed by atoms with van der Waals surface area (Å²) in [4.78, 5) is 24.0. The van der Waals surface area contributed by atoms with Gasteiger partial charge in [0, 0.05) is 12.2 Å². The highest BCUT2D eigenvalue weighted by molar-refractivity contribution is 9.10. The standard InChI is InChI=1S/C21H24BrNO4S/c1-26-21(25)20-18(27-11-10-24)17(22)19(28-20)15-8-5-9-16(12-15)23-13-14-6-3-2-4-7-14/h5,8-10,12,14,23H,2-4,6-7,11,13H2,1H3. The molecule has 0 spiro atoms. The Kier molecular flexibility index (Phi) is 7.50. The summed E-state index contributed by atoms with van der Waals surface area (Å²) in [6.45, 7) is 0.859. The lowest BCUT2D eigenvalue weighted by atomic mass is 9.89. The summed E-state index contributed by atoms with van der Waals surface area (Å²) in [6, 6.07) is 8.12. The summed E-state index contributed by atoms with van der Waals surface area (Å²) >= 11 is 4.82. The van der Waals surface area contributed by atoms with Crippen molar-refractivity contribution in [2.24, 2.45) is 5.92 Å². The Morgan fingerprint density at radius 3 is 2.82 bits per heavy atom. The van der Waals surface area contributed by atoms with Gasteiger partial charge in [-0.25, -0.2) is 4.79 Å². The third-order valence-corrected chi connectivity index (χ3v) is 7.14. The van der Waals surface area contributed by atoms with Crippen molar-refractivity contribution in [3.8, 4) is 16.2 Å². The lowest BCUT2D eigenvalue weighted by molar-refractivity contribution is -0.109. The minimum absolute atomic E-state index is 0.123. The summed E-state index contributed by atoms with van der Waals surface area (Å²) in [5.74, 6) is 0.601. The van der Waals surface area contributed by atoms with Crippen LogP contribution < -0.4 is 10.1 Å². The van der Waals surface area contributed by atoms with Crippen LogP contribution in [0.2, 0.25) is 0 Å². The van der Waals surface area contributed by atoms with Gasteiger partial charge < -0.3 is 14.8 Å². The number of esters is 1. The number of halogens is 1. The number of ether oxygens (including phenoxy) is 2. The molecule has 0 saturated heterocycles. The van der Waals surface area contributed by atoms with E-state index in [1.165, 1.54) is 50.6 Å². The summed E-state index contributed by atoms with van der Waals surface area (Å²) in [7, 11) is 1.33. The third-order valence-electron chi connectivity index (χ3n) is 4.92. The molecule has 1 aliphatic rings. The topological polar surface area (TPSA) is 64.6 Å². The first-order valence-electron chi connectivity index (χ1n) is 9.45. The highest BCUT2D eigenvalue weighted by Gasteiger charge is 2.24. The smallest absolute Gasteiger partial charge is 0.351 e. The molecule has 3 rings (SSSR count). The Bertz CT molecular complexity index is 830. The number of rotatable bonds is 8. The van der Waals surface area contributed by atoms with Crippen LogP contribution >= 0.6 is 27.3 Å². The SMILES string of the molecule is COC(=O)c1sc(-c2cccc(NCC3CCCCC3)c2)c(Br)c1OCC=O. The van der Waals surface area contributed by atoms with E-state index in [1.54, 1.807) is 0 Å². The van der Waals surface area contributed by atoms with Crippen molar-refractivity contribution in [1.29, 1.82) is 0 Å². The van der Waals surface area contributed by atoms with Gasteiger partial charge in [0.15, 0.2) is 16.9 Å². The molecule has 150 valence electrons. The molecule has 28 heavy (non-hydrogen) atoms. The second-order valence-corrected chi connectivity index (χ2v) is 8.65. The Morgan fingerprint density at radius 1 is 1.32 bits per heavy atom. The maximum atomic E-state index is 12.1. The summed E-state index contributed by atoms with van der Waals surface area (Å²) in [6.07, 6.45) is 7.25. The Morgan fingerprint density at radius 2 is 2.11 bits per heavy atom. The van der Waals surface area contributed by atoms with E-state index in [2.05, 4.69) is 33.4 Å². The molecule has 0 atom stereocenters. The fraction of sp³-hybridized carbons (Fsp3) is 0.429. The molecule has 1 saturated carbocycles. The van der Waals surface area contributed by atoms with E-state index in [0.29, 0.717) is 21.4 Å². The number of hydrogen-bond donors (Lipinski definition) is 1. The van der Waals surface area contributed by atoms with Gasteiger partial charge in [0.05, 0.1) is 16.5 Å². The molecule has 0 unspecified atom stereocenters. The number of carbonyl (C=O) groups is 2. The number of carbonyl (C=O) groups excluding carboxylic acids is 2. The van der Waals surface area contributed by atoms with Crippen molar-refractivity contribution in [3.63, 3.8) is 0 Å². The third kappa shape index (κ3) is 4.94. The fourth-order valence-electron chi connectivity index (χ4n) is 3.48. The van der Waals surface area contributed by atoms with Crippen molar-refractivity contribution in [2.75, 3.05) is 25.6 Å². The van der Waals surface area contributed by atoms with Crippen molar-refractivity contribution in [3.05, 3.63) is 33.6 Å². The monoisotopic (exact) mass is 465 g/mol. The largest absolute Gasteiger partial charge is 0.483 e. The van der Waals surface area contributed by atoms with Crippen molar-refractivity contribution in [1.82, 2.24) is 0 Å². The summed E-state index contributed by atoms with van der Waals surface area (Å²) < 4.78 is 11.0. The minimum Gasteiger partial charge on any atom is -0.483 e. The average molecular weight is 466 g/mol. The van der Waals surface area contributed by atoms with Crippen LogP contribution in [-0.4, -0.2) is 32.5 Å². The van der Waals surface area contributed by atoms with Crippen LogP contribution in [0.4, 0.5) is 5.69 Å². The first-order chi connectivity index (χ1) is 13.6. The highest BCUT2D eigenvalue weighted by Crippen LogP contribution is 2.46. The highest BCUT2D eigenvalue weighted by atomic mass is 79.9. The quantitative estimate of drug-likeness (QED) is 0.409. The molecule has 1 aliphatic carbocycles. The van der Waals surface area contributed by atoms with Gasteiger partial charge in [-0.15, -0.1) is 11.3 Å². The maximum Gasteiger partial charge on any atom is 0.351 e. The van der Waals surface area contributed by atoms with Crippen molar-refractivity contribution in [2.45, 2.75) is 32.1 Å². The molecule has 1 heterocycles. The lowest BCUT2D eigenvalue weighted by Crippen LogP contribution is -2.17. The van der Waals surface area contributed by atoms with Crippen LogP contribution in [-0.2, 0) is 9.53 Å². The molecule has 0 radical (unpaired) electrons. The number of aldehydes is 1. The van der Waals surface area contributed by atoms with Gasteiger partial charge in [0.25, 0.3) is 0 Å². The second kappa shape index (κ2) is 10.1. The fourth-order valence-corrected chi connectivity index (χ4v) is 5.45. The van der Waals surface area contributed by atoms with Crippen LogP contribution in [0.15, 0.2) is 28.7 Å². The zero-order valence-corrected chi connectivity index (χ0v) is 18.2. The van der Waals surface area contributed by atoms with Crippen LogP contribution in [0.5, 0.6) is 5.75 Å². The van der Waals surface area contributed by atoms with E-state index in [4.69, 9.17) is 9.47 Å². The van der Waals surface area contributed by atoms with Crippen LogP contribution in [0.1, 0.15) is 41.8 Å². The average Bonchev–Trinajstić information content (AvgIpc) is 3.07. The molecule has 5 nitrogen and oxygen atoms in total. The normalized spacial score (nSPS) is 14.5. The molecule has 1 aromatic carbocycles. The zero-order valence-electron chi connectivity index (χ0n) is 15.8. The van der Waals surface area contributed by atoms with Crippen LogP contribution in [0.25, 0.3) is 10.4 Å². The van der Waals surface area contributed by atoms with E-state index in [1.807, 2.05) is 12.1 Å². The van der Waals surface area contributed by atoms with Gasteiger partial charge in [-0.2, -0.15) is 0 Å². The predicted molar refractivity (Wildman–Crippen MR) is 115 cm³/mol. The number of nitrogens with one attached hydrogen (secondary N) is 1. The van der Waals surface area contributed by atoms with E-state index in [0.717, 1.165) is 28.6 Å². The van der Waals surface area contributed by atoms with Gasteiger partial charge in [0.2, 0.25) is 0 Å². The predicted octanol–water partition coefficient (Wildman–Crippen LogP) is 5.53. The molecular weight excluding hydrogens is 442 g/mol. The van der Waals surface area contributed by atoms with E-state index >= 15 is 0 Å². The second-order valence-electron chi connectivity index (χ2n) is 6.84. The molecule has 2 aromatic rings. The van der Waals surface area contributed by atoms with Gasteiger partial charge in [-0.1, -0.05) is 31.4 Å². The first-order valence-corrected chi connectivity index (χ1v) is 11.1. The van der Waals surface area contributed by atoms with Crippen LogP contribution in [0, 0.1) is 5.92 Å². The van der Waals surface area contributed by atoms with Gasteiger partial charge >= 0.3 is 5.97 Å². The Balaban J connectivity index is 1.83. The number of hydrogen-bond acceptors (Lipinski definition) is 6. The molecule has 1 fully saturated rings. The van der Waals surface area contributed by atoms with Gasteiger partial charge in [0.1, 0.15) is 6.61 Å². The molecule has 0 aliphatic heterocycles. The molecule has 1 N–H and O–H groups in total. The molecule has 0 bridgehead atoms. The lowest BCUT2D eigenvalue weighted by Gasteiger charge is -2.22. The minimum atomic E-state index is -0.482. The zero-order chi connectivity index (χ0) is 19.9. The molecular formula is C21H24BrNO4S. The number of benzene rings is 1. The summed E-state index contributed by atoms with van der Waals surface area (Å²) in [5, 5.41) is 3.55.